The first-order chi connectivity index (χ1) is 16.3. The molecule has 0 unspecified atom stereocenters. The highest BCUT2D eigenvalue weighted by atomic mass is 35.5. The number of benzene rings is 1. The molecule has 5 rings (SSSR count). The fourth-order valence-electron chi connectivity index (χ4n) is 3.61. The molecule has 1 aliphatic rings. The molecule has 1 aromatic carbocycles. The highest BCUT2D eigenvalue weighted by Gasteiger charge is 2.23. The summed E-state index contributed by atoms with van der Waals surface area (Å²) in [6, 6.07) is 8.19. The van der Waals surface area contributed by atoms with E-state index in [0.717, 1.165) is 36.4 Å². The van der Waals surface area contributed by atoms with Crippen LogP contribution in [0.15, 0.2) is 36.5 Å². The average molecular weight is 484 g/mol. The summed E-state index contributed by atoms with van der Waals surface area (Å²) in [4.78, 5) is 22.3. The summed E-state index contributed by atoms with van der Waals surface area (Å²) >= 11 is 5.63. The van der Waals surface area contributed by atoms with Crippen molar-refractivity contribution in [3.63, 3.8) is 0 Å². The van der Waals surface area contributed by atoms with E-state index < -0.39 is 16.7 Å². The predicted octanol–water partition coefficient (Wildman–Crippen LogP) is 5.92. The van der Waals surface area contributed by atoms with Crippen molar-refractivity contribution in [2.75, 3.05) is 13.2 Å². The van der Waals surface area contributed by atoms with Crippen LogP contribution in [0.5, 0.6) is 0 Å². The van der Waals surface area contributed by atoms with Crippen LogP contribution >= 0.6 is 11.6 Å². The van der Waals surface area contributed by atoms with Crippen LogP contribution in [0.2, 0.25) is 5.02 Å². The van der Waals surface area contributed by atoms with Crippen molar-refractivity contribution in [3.8, 4) is 11.3 Å². The molecule has 0 amide bonds. The topological polar surface area (TPSA) is 73.7 Å². The van der Waals surface area contributed by atoms with Gasteiger partial charge in [-0.25, -0.2) is 28.7 Å². The molecule has 1 fully saturated rings. The maximum absolute atomic E-state index is 14.1. The van der Waals surface area contributed by atoms with Crippen molar-refractivity contribution in [2.45, 2.75) is 39.5 Å². The molecule has 6 nitrogen and oxygen atoms in total. The molecule has 9 heteroatoms. The normalized spacial score (nSPS) is 14.1. The third-order valence-electron chi connectivity index (χ3n) is 5.62. The summed E-state index contributed by atoms with van der Waals surface area (Å²) in [7, 11) is 0. The van der Waals surface area contributed by atoms with E-state index in [9.17, 15) is 8.78 Å². The minimum absolute atomic E-state index is 0.104. The van der Waals surface area contributed by atoms with E-state index in [1.807, 2.05) is 39.0 Å². The average Bonchev–Trinajstić information content (AvgIpc) is 2.84. The maximum atomic E-state index is 14.1. The molecule has 34 heavy (non-hydrogen) atoms. The van der Waals surface area contributed by atoms with Crippen molar-refractivity contribution >= 4 is 22.8 Å². The second-order valence-corrected chi connectivity index (χ2v) is 8.49. The van der Waals surface area contributed by atoms with Gasteiger partial charge in [-0.3, -0.25) is 4.98 Å². The van der Waals surface area contributed by atoms with Gasteiger partial charge in [-0.05, 0) is 57.9 Å². The summed E-state index contributed by atoms with van der Waals surface area (Å²) in [5.41, 5.74) is 3.97. The monoisotopic (exact) mass is 483 g/mol. The molecule has 176 valence electrons. The molecular weight excluding hydrogens is 460 g/mol. The molecule has 4 aromatic rings. The lowest BCUT2D eigenvalue weighted by Crippen LogP contribution is -2.17. The summed E-state index contributed by atoms with van der Waals surface area (Å²) < 4.78 is 33.5. The Labute approximate surface area is 201 Å². The molecule has 1 saturated heterocycles. The van der Waals surface area contributed by atoms with Crippen LogP contribution in [-0.4, -0.2) is 38.1 Å². The number of nitrogens with zero attached hydrogens (tertiary/aromatic N) is 5. The predicted molar refractivity (Wildman–Crippen MR) is 127 cm³/mol. The Hall–Kier alpha value is -3.10. The van der Waals surface area contributed by atoms with Crippen LogP contribution in [0.3, 0.4) is 0 Å². The van der Waals surface area contributed by atoms with Gasteiger partial charge in [-0.1, -0.05) is 17.7 Å². The van der Waals surface area contributed by atoms with Gasteiger partial charge in [0.05, 0.1) is 11.4 Å². The number of aromatic nitrogens is 5. The van der Waals surface area contributed by atoms with Crippen LogP contribution in [0.4, 0.5) is 8.78 Å². The van der Waals surface area contributed by atoms with E-state index in [1.165, 1.54) is 0 Å². The van der Waals surface area contributed by atoms with E-state index >= 15 is 0 Å². The maximum Gasteiger partial charge on any atom is 0.182 e. The first-order valence-corrected chi connectivity index (χ1v) is 11.3. The van der Waals surface area contributed by atoms with E-state index in [-0.39, 0.29) is 11.5 Å². The first kappa shape index (κ1) is 24.0. The van der Waals surface area contributed by atoms with Gasteiger partial charge in [0.15, 0.2) is 5.65 Å². The number of hydrogen-bond acceptors (Lipinski definition) is 6. The molecule has 1 aliphatic heterocycles. The van der Waals surface area contributed by atoms with Gasteiger partial charge < -0.3 is 4.74 Å². The standard InChI is InChI=1S/C19H17ClF2N4O.C6H7N/c1-9-10(2)24-19-17(23-9)16(12-7-13(21)15(20)14(22)8-12)25-18(26-19)11-3-5-27-6-4-11;1-6-4-2-3-5-7-6/h7-8,11H,3-6H2,1-2H3;2-5H,1H3. The van der Waals surface area contributed by atoms with Gasteiger partial charge in [0.2, 0.25) is 0 Å². The molecule has 0 N–H and O–H groups in total. The highest BCUT2D eigenvalue weighted by molar-refractivity contribution is 6.31. The quantitative estimate of drug-likeness (QED) is 0.329. The van der Waals surface area contributed by atoms with Gasteiger partial charge in [-0.15, -0.1) is 0 Å². The molecule has 0 spiro atoms. The molecule has 0 bridgehead atoms. The zero-order chi connectivity index (χ0) is 24.2. The molecule has 3 aromatic heterocycles. The van der Waals surface area contributed by atoms with Crippen LogP contribution in [0.1, 0.15) is 41.7 Å². The molecular formula is C25H24ClF2N5O. The third kappa shape index (κ3) is 5.34. The summed E-state index contributed by atoms with van der Waals surface area (Å²) in [5, 5.41) is -0.542. The van der Waals surface area contributed by atoms with Crippen LogP contribution in [0.25, 0.3) is 22.4 Å². The zero-order valence-corrected chi connectivity index (χ0v) is 19.9. The molecule has 0 radical (unpaired) electrons. The van der Waals surface area contributed by atoms with Gasteiger partial charge in [0, 0.05) is 36.6 Å². The molecule has 4 heterocycles. The fraction of sp³-hybridized carbons (Fsp3) is 0.320. The van der Waals surface area contributed by atoms with Gasteiger partial charge in [0.25, 0.3) is 0 Å². The number of hydrogen-bond donors (Lipinski definition) is 0. The Bertz CT molecular complexity index is 1290. The number of pyridine rings is 1. The lowest BCUT2D eigenvalue weighted by Gasteiger charge is -2.21. The largest absolute Gasteiger partial charge is 0.381 e. The Morgan fingerprint density at radius 3 is 2.18 bits per heavy atom. The van der Waals surface area contributed by atoms with E-state index in [1.54, 1.807) is 6.20 Å². The van der Waals surface area contributed by atoms with E-state index in [4.69, 9.17) is 16.3 Å². The fourth-order valence-corrected chi connectivity index (χ4v) is 3.72. The van der Waals surface area contributed by atoms with Crippen molar-refractivity contribution in [2.24, 2.45) is 0 Å². The first-order valence-electron chi connectivity index (χ1n) is 11.0. The molecule has 0 saturated carbocycles. The summed E-state index contributed by atoms with van der Waals surface area (Å²) in [6.07, 6.45) is 3.36. The van der Waals surface area contributed by atoms with E-state index in [2.05, 4.69) is 24.9 Å². The van der Waals surface area contributed by atoms with Gasteiger partial charge in [0.1, 0.15) is 33.7 Å². The van der Waals surface area contributed by atoms with Crippen LogP contribution < -0.4 is 0 Å². The minimum Gasteiger partial charge on any atom is -0.381 e. The van der Waals surface area contributed by atoms with Crippen molar-refractivity contribution in [1.29, 1.82) is 0 Å². The van der Waals surface area contributed by atoms with Gasteiger partial charge >= 0.3 is 0 Å². The zero-order valence-electron chi connectivity index (χ0n) is 19.1. The Morgan fingerprint density at radius 1 is 0.912 bits per heavy atom. The summed E-state index contributed by atoms with van der Waals surface area (Å²) in [6.45, 7) is 6.90. The smallest absolute Gasteiger partial charge is 0.182 e. The number of aryl methyl sites for hydroxylation is 3. The van der Waals surface area contributed by atoms with E-state index in [0.29, 0.717) is 41.6 Å². The minimum atomic E-state index is -0.845. The van der Waals surface area contributed by atoms with Crippen molar-refractivity contribution in [1.82, 2.24) is 24.9 Å². The third-order valence-corrected chi connectivity index (χ3v) is 5.98. The molecule has 0 atom stereocenters. The van der Waals surface area contributed by atoms with Crippen molar-refractivity contribution in [3.05, 3.63) is 76.1 Å². The number of fused-ring (bicyclic) bond motifs is 1. The Morgan fingerprint density at radius 2 is 1.59 bits per heavy atom. The highest BCUT2D eigenvalue weighted by Crippen LogP contribution is 2.32. The number of halogens is 3. The number of rotatable bonds is 2. The molecule has 0 aliphatic carbocycles. The second kappa shape index (κ2) is 10.4. The lowest BCUT2D eigenvalue weighted by molar-refractivity contribution is 0.0836. The van der Waals surface area contributed by atoms with Crippen LogP contribution in [0, 0.1) is 32.4 Å². The number of ether oxygens (including phenoxy) is 1. The second-order valence-electron chi connectivity index (χ2n) is 8.11. The Balaban J connectivity index is 0.000000336. The van der Waals surface area contributed by atoms with Crippen LogP contribution in [-0.2, 0) is 4.74 Å². The van der Waals surface area contributed by atoms with Gasteiger partial charge in [-0.2, -0.15) is 0 Å². The lowest BCUT2D eigenvalue weighted by atomic mass is 9.99. The Kier molecular flexibility index (Phi) is 7.38. The SMILES string of the molecule is Cc1ccccn1.Cc1nc2nc(C3CCOCC3)nc(-c3cc(F)c(Cl)c(F)c3)c2nc1C. The summed E-state index contributed by atoms with van der Waals surface area (Å²) in [5.74, 6) is -0.993. The van der Waals surface area contributed by atoms with Crippen molar-refractivity contribution < 1.29 is 13.5 Å².